The number of phenolic OH excluding ortho intramolecular Hbond substituents is 1. The number of aliphatic hydroxyl groups excluding tert-OH is 1. The van der Waals surface area contributed by atoms with Gasteiger partial charge in [-0.2, -0.15) is 0 Å². The second kappa shape index (κ2) is 13.3. The van der Waals surface area contributed by atoms with Crippen LogP contribution in [0.3, 0.4) is 0 Å². The zero-order valence-corrected chi connectivity index (χ0v) is 19.6. The van der Waals surface area contributed by atoms with Crippen LogP contribution in [0.2, 0.25) is 0 Å². The average molecular weight is 477 g/mol. The molecule has 0 aliphatic rings. The molecule has 2 amide bonds. The van der Waals surface area contributed by atoms with E-state index in [9.17, 15) is 19.8 Å². The molecule has 7 nitrogen and oxygen atoms in total. The van der Waals surface area contributed by atoms with E-state index in [-0.39, 0.29) is 24.7 Å². The van der Waals surface area contributed by atoms with Gasteiger partial charge in [-0.15, -0.1) is 0 Å². The first kappa shape index (κ1) is 25.9. The van der Waals surface area contributed by atoms with Crippen molar-refractivity contribution >= 4 is 11.8 Å². The Hall–Kier alpha value is -3.68. The molecular weight excluding hydrogens is 444 g/mol. The van der Waals surface area contributed by atoms with Gasteiger partial charge in [0.1, 0.15) is 5.75 Å². The number of aryl methyl sites for hydroxylation is 1. The lowest BCUT2D eigenvalue weighted by Gasteiger charge is -2.21. The van der Waals surface area contributed by atoms with Crippen LogP contribution in [0.1, 0.15) is 30.4 Å². The van der Waals surface area contributed by atoms with Crippen LogP contribution < -0.4 is 10.8 Å². The number of nitrogens with one attached hydrogen (secondary N) is 2. The number of hydrogen-bond acceptors (Lipinski definition) is 5. The molecule has 3 aromatic carbocycles. The summed E-state index contributed by atoms with van der Waals surface area (Å²) in [6, 6.07) is 24.4. The van der Waals surface area contributed by atoms with Crippen molar-refractivity contribution in [2.24, 2.45) is 5.92 Å². The van der Waals surface area contributed by atoms with Crippen LogP contribution in [0.15, 0.2) is 78.9 Å². The summed E-state index contributed by atoms with van der Waals surface area (Å²) >= 11 is 0. The van der Waals surface area contributed by atoms with Crippen LogP contribution in [0.5, 0.6) is 5.75 Å². The highest BCUT2D eigenvalue weighted by atomic mass is 16.5. The Morgan fingerprint density at radius 1 is 0.829 bits per heavy atom. The molecule has 2 atom stereocenters. The molecule has 0 aliphatic heterocycles. The fourth-order valence-corrected chi connectivity index (χ4v) is 4.04. The van der Waals surface area contributed by atoms with Crippen LogP contribution in [-0.2, 0) is 22.4 Å². The van der Waals surface area contributed by atoms with E-state index in [2.05, 4.69) is 41.7 Å². The Morgan fingerprint density at radius 3 is 2.09 bits per heavy atom. The third kappa shape index (κ3) is 8.24. The molecular formula is C28H32N2O5. The second-order valence-electron chi connectivity index (χ2n) is 8.65. The lowest BCUT2D eigenvalue weighted by molar-refractivity contribution is -0.135. The normalized spacial score (nSPS) is 12.5. The number of carbonyl (C=O) groups is 2. The minimum atomic E-state index is -0.639. The molecule has 0 aliphatic carbocycles. The lowest BCUT2D eigenvalue weighted by atomic mass is 9.94. The zero-order valence-electron chi connectivity index (χ0n) is 19.6. The maximum absolute atomic E-state index is 12.9. The van der Waals surface area contributed by atoms with Gasteiger partial charge in [0.25, 0.3) is 0 Å². The summed E-state index contributed by atoms with van der Waals surface area (Å²) in [5.74, 6) is -1.47. The third-order valence-electron chi connectivity index (χ3n) is 5.99. The van der Waals surface area contributed by atoms with Crippen molar-refractivity contribution in [3.8, 4) is 16.9 Å². The van der Waals surface area contributed by atoms with Gasteiger partial charge in [0, 0.05) is 12.3 Å². The summed E-state index contributed by atoms with van der Waals surface area (Å²) in [7, 11) is 0. The highest BCUT2D eigenvalue weighted by Gasteiger charge is 2.24. The van der Waals surface area contributed by atoms with Crippen LogP contribution in [0, 0.1) is 5.92 Å². The molecule has 0 aromatic heterocycles. The molecule has 0 radical (unpaired) electrons. The predicted molar refractivity (Wildman–Crippen MR) is 134 cm³/mol. The number of carbonyl (C=O) groups excluding carboxylic acids is 2. The van der Waals surface area contributed by atoms with Crippen molar-refractivity contribution in [2.45, 2.75) is 38.1 Å². The summed E-state index contributed by atoms with van der Waals surface area (Å²) in [4.78, 5) is 24.7. The SMILES string of the molecule is O=C(CC(CCCc1ccc(-c2ccccc2)cc1)C(=O)N[C@@H](CO)Cc1ccc(O)cc1)NO. The molecule has 5 N–H and O–H groups in total. The van der Waals surface area contributed by atoms with Crippen LogP contribution >= 0.6 is 0 Å². The van der Waals surface area contributed by atoms with Crippen molar-refractivity contribution in [1.82, 2.24) is 10.8 Å². The largest absolute Gasteiger partial charge is 0.508 e. The summed E-state index contributed by atoms with van der Waals surface area (Å²) in [6.45, 7) is -0.265. The van der Waals surface area contributed by atoms with Gasteiger partial charge < -0.3 is 15.5 Å². The quantitative estimate of drug-likeness (QED) is 0.202. The van der Waals surface area contributed by atoms with Gasteiger partial charge in [0.15, 0.2) is 0 Å². The Morgan fingerprint density at radius 2 is 1.46 bits per heavy atom. The van der Waals surface area contributed by atoms with Crippen LogP contribution in [0.25, 0.3) is 11.1 Å². The van der Waals surface area contributed by atoms with E-state index in [0.717, 1.165) is 28.7 Å². The molecule has 0 heterocycles. The van der Waals surface area contributed by atoms with Crippen molar-refractivity contribution < 1.29 is 25.0 Å². The molecule has 0 spiro atoms. The van der Waals surface area contributed by atoms with Gasteiger partial charge in [-0.05, 0) is 60.1 Å². The summed E-state index contributed by atoms with van der Waals surface area (Å²) in [6.07, 6.45) is 2.12. The Labute approximate surface area is 205 Å². The number of benzene rings is 3. The van der Waals surface area contributed by atoms with E-state index < -0.39 is 17.9 Å². The first-order chi connectivity index (χ1) is 17.0. The first-order valence-corrected chi connectivity index (χ1v) is 11.7. The first-order valence-electron chi connectivity index (χ1n) is 11.7. The van der Waals surface area contributed by atoms with Crippen molar-refractivity contribution in [3.05, 3.63) is 90.0 Å². The minimum absolute atomic E-state index is 0.142. The van der Waals surface area contributed by atoms with E-state index in [1.807, 2.05) is 18.2 Å². The zero-order chi connectivity index (χ0) is 25.0. The van der Waals surface area contributed by atoms with E-state index in [4.69, 9.17) is 5.21 Å². The number of hydroxylamine groups is 1. The van der Waals surface area contributed by atoms with Crippen LogP contribution in [0.4, 0.5) is 0 Å². The summed E-state index contributed by atoms with van der Waals surface area (Å²) in [5, 5.41) is 30.9. The smallest absolute Gasteiger partial charge is 0.244 e. The lowest BCUT2D eigenvalue weighted by Crippen LogP contribution is -2.43. The second-order valence-corrected chi connectivity index (χ2v) is 8.65. The van der Waals surface area contributed by atoms with E-state index >= 15 is 0 Å². The van der Waals surface area contributed by atoms with E-state index in [1.54, 1.807) is 29.7 Å². The molecule has 3 rings (SSSR count). The molecule has 3 aromatic rings. The minimum Gasteiger partial charge on any atom is -0.508 e. The van der Waals surface area contributed by atoms with Crippen LogP contribution in [-0.4, -0.2) is 39.9 Å². The molecule has 0 fully saturated rings. The van der Waals surface area contributed by atoms with Gasteiger partial charge in [-0.25, -0.2) is 5.48 Å². The Kier molecular flexibility index (Phi) is 9.83. The third-order valence-corrected chi connectivity index (χ3v) is 5.99. The fourth-order valence-electron chi connectivity index (χ4n) is 4.04. The standard InChI is InChI=1S/C28H32N2O5/c31-19-25(17-21-11-15-26(32)16-12-21)29-28(34)24(18-27(33)30-35)8-4-5-20-9-13-23(14-10-20)22-6-2-1-3-7-22/h1-3,6-7,9-16,24-25,31-32,35H,4-5,8,17-19H2,(H,29,34)(H,30,33)/t24?,25-/m1/s1. The number of aromatic hydroxyl groups is 1. The number of hydrogen-bond donors (Lipinski definition) is 5. The van der Waals surface area contributed by atoms with Gasteiger partial charge in [-0.3, -0.25) is 14.8 Å². The Balaban J connectivity index is 1.56. The fraction of sp³-hybridized carbons (Fsp3) is 0.286. The monoisotopic (exact) mass is 476 g/mol. The summed E-state index contributed by atoms with van der Waals surface area (Å²) in [5.41, 5.74) is 5.87. The molecule has 0 bridgehead atoms. The van der Waals surface area contributed by atoms with E-state index in [0.29, 0.717) is 19.3 Å². The van der Waals surface area contributed by atoms with Gasteiger partial charge in [0.2, 0.25) is 11.8 Å². The van der Waals surface area contributed by atoms with Crippen molar-refractivity contribution in [1.29, 1.82) is 0 Å². The van der Waals surface area contributed by atoms with Crippen molar-refractivity contribution in [2.75, 3.05) is 6.61 Å². The maximum Gasteiger partial charge on any atom is 0.244 e. The highest BCUT2D eigenvalue weighted by Crippen LogP contribution is 2.21. The number of rotatable bonds is 12. The topological polar surface area (TPSA) is 119 Å². The molecule has 184 valence electrons. The number of amides is 2. The predicted octanol–water partition coefficient (Wildman–Crippen LogP) is 3.61. The molecule has 0 saturated heterocycles. The van der Waals surface area contributed by atoms with Gasteiger partial charge >= 0.3 is 0 Å². The van der Waals surface area contributed by atoms with Crippen molar-refractivity contribution in [3.63, 3.8) is 0 Å². The highest BCUT2D eigenvalue weighted by molar-refractivity contribution is 5.85. The number of phenols is 1. The molecule has 7 heteroatoms. The number of aliphatic hydroxyl groups is 1. The average Bonchev–Trinajstić information content (AvgIpc) is 2.89. The Bertz CT molecular complexity index is 1070. The summed E-state index contributed by atoms with van der Waals surface area (Å²) < 4.78 is 0. The molecule has 1 unspecified atom stereocenters. The van der Waals surface area contributed by atoms with Gasteiger partial charge in [-0.1, -0.05) is 66.7 Å². The molecule has 35 heavy (non-hydrogen) atoms. The van der Waals surface area contributed by atoms with E-state index in [1.165, 1.54) is 0 Å². The van der Waals surface area contributed by atoms with Gasteiger partial charge in [0.05, 0.1) is 12.6 Å². The molecule has 0 saturated carbocycles. The maximum atomic E-state index is 12.9.